The standard InChI is InChI=1S/C26H29N3O5S/c1-20(26(31)27-2)28(18-21-12-6-4-7-13-21)25(30)19-29(23-16-10-11-17-24(23)34-3)35(32,33)22-14-8-5-9-15-22/h4-17,20H,18-19H2,1-3H3,(H,27,31). The fourth-order valence-electron chi connectivity index (χ4n) is 3.64. The van der Waals surface area contributed by atoms with E-state index in [0.717, 1.165) is 9.87 Å². The molecule has 3 aromatic rings. The molecule has 3 aromatic carbocycles. The first-order valence-corrected chi connectivity index (χ1v) is 12.5. The van der Waals surface area contributed by atoms with E-state index in [0.29, 0.717) is 5.75 Å². The van der Waals surface area contributed by atoms with Gasteiger partial charge in [-0.25, -0.2) is 8.42 Å². The van der Waals surface area contributed by atoms with Gasteiger partial charge >= 0.3 is 0 Å². The van der Waals surface area contributed by atoms with Gasteiger partial charge in [-0.2, -0.15) is 0 Å². The number of benzene rings is 3. The zero-order chi connectivity index (χ0) is 25.4. The lowest BCUT2D eigenvalue weighted by Gasteiger charge is -2.32. The van der Waals surface area contributed by atoms with Crippen molar-refractivity contribution in [1.82, 2.24) is 10.2 Å². The number of methoxy groups -OCH3 is 1. The van der Waals surface area contributed by atoms with E-state index in [1.54, 1.807) is 49.4 Å². The molecule has 0 saturated heterocycles. The van der Waals surface area contributed by atoms with Crippen LogP contribution in [0.3, 0.4) is 0 Å². The maximum atomic E-state index is 13.7. The summed E-state index contributed by atoms with van der Waals surface area (Å²) >= 11 is 0. The van der Waals surface area contributed by atoms with Crippen molar-refractivity contribution in [2.45, 2.75) is 24.4 Å². The normalized spacial score (nSPS) is 11.9. The molecule has 0 radical (unpaired) electrons. The zero-order valence-corrected chi connectivity index (χ0v) is 20.7. The molecular weight excluding hydrogens is 466 g/mol. The Morgan fingerprint density at radius 3 is 2.09 bits per heavy atom. The Morgan fingerprint density at radius 2 is 1.49 bits per heavy atom. The SMILES string of the molecule is CNC(=O)C(C)N(Cc1ccccc1)C(=O)CN(c1ccccc1OC)S(=O)(=O)c1ccccc1. The molecule has 9 heteroatoms. The van der Waals surface area contributed by atoms with Gasteiger partial charge in [0.25, 0.3) is 10.0 Å². The molecule has 0 saturated carbocycles. The maximum absolute atomic E-state index is 13.7. The lowest BCUT2D eigenvalue weighted by Crippen LogP contribution is -2.50. The lowest BCUT2D eigenvalue weighted by molar-refractivity contribution is -0.139. The number of carbonyl (C=O) groups is 2. The van der Waals surface area contributed by atoms with E-state index in [4.69, 9.17) is 4.74 Å². The van der Waals surface area contributed by atoms with Crippen LogP contribution in [0.15, 0.2) is 89.8 Å². The second-order valence-corrected chi connectivity index (χ2v) is 9.66. The van der Waals surface area contributed by atoms with Crippen LogP contribution in [0.4, 0.5) is 5.69 Å². The van der Waals surface area contributed by atoms with Gasteiger partial charge in [0, 0.05) is 13.6 Å². The van der Waals surface area contributed by atoms with Crippen LogP contribution in [-0.4, -0.2) is 51.9 Å². The Labute approximate surface area is 206 Å². The Kier molecular flexibility index (Phi) is 8.48. The van der Waals surface area contributed by atoms with Crippen LogP contribution in [-0.2, 0) is 26.2 Å². The zero-order valence-electron chi connectivity index (χ0n) is 19.9. The van der Waals surface area contributed by atoms with E-state index in [1.165, 1.54) is 31.2 Å². The van der Waals surface area contributed by atoms with Gasteiger partial charge in [0.1, 0.15) is 18.3 Å². The number of nitrogens with one attached hydrogen (secondary N) is 1. The molecule has 184 valence electrons. The Balaban J connectivity index is 2.05. The fraction of sp³-hybridized carbons (Fsp3) is 0.231. The van der Waals surface area contributed by atoms with E-state index >= 15 is 0 Å². The van der Waals surface area contributed by atoms with Crippen molar-refractivity contribution in [3.8, 4) is 5.75 Å². The monoisotopic (exact) mass is 495 g/mol. The molecule has 0 spiro atoms. The predicted molar refractivity (Wildman–Crippen MR) is 134 cm³/mol. The minimum Gasteiger partial charge on any atom is -0.495 e. The average molecular weight is 496 g/mol. The Bertz CT molecular complexity index is 1250. The van der Waals surface area contributed by atoms with Gasteiger partial charge in [-0.15, -0.1) is 0 Å². The third kappa shape index (κ3) is 5.99. The summed E-state index contributed by atoms with van der Waals surface area (Å²) in [5.41, 5.74) is 1.03. The van der Waals surface area contributed by atoms with Crippen molar-refractivity contribution in [2.24, 2.45) is 0 Å². The number of ether oxygens (including phenoxy) is 1. The minimum atomic E-state index is -4.13. The highest BCUT2D eigenvalue weighted by Crippen LogP contribution is 2.32. The summed E-state index contributed by atoms with van der Waals surface area (Å²) in [5, 5.41) is 2.56. The maximum Gasteiger partial charge on any atom is 0.264 e. The van der Waals surface area contributed by atoms with Crippen LogP contribution >= 0.6 is 0 Å². The lowest BCUT2D eigenvalue weighted by atomic mass is 10.1. The largest absolute Gasteiger partial charge is 0.495 e. The molecule has 0 aromatic heterocycles. The van der Waals surface area contributed by atoms with E-state index in [-0.39, 0.29) is 23.0 Å². The predicted octanol–water partition coefficient (Wildman–Crippen LogP) is 3.05. The fourth-order valence-corrected chi connectivity index (χ4v) is 5.09. The molecule has 1 unspecified atom stereocenters. The van der Waals surface area contributed by atoms with Crippen LogP contribution in [0.2, 0.25) is 0 Å². The molecule has 3 rings (SSSR count). The van der Waals surface area contributed by atoms with Crippen molar-refractivity contribution < 1.29 is 22.7 Å². The summed E-state index contributed by atoms with van der Waals surface area (Å²) in [7, 11) is -1.21. The summed E-state index contributed by atoms with van der Waals surface area (Å²) in [5.74, 6) is -0.590. The number of rotatable bonds is 10. The number of amides is 2. The van der Waals surface area contributed by atoms with Gasteiger partial charge < -0.3 is 15.0 Å². The molecule has 1 atom stereocenters. The smallest absolute Gasteiger partial charge is 0.264 e. The first-order valence-electron chi connectivity index (χ1n) is 11.1. The summed E-state index contributed by atoms with van der Waals surface area (Å²) in [6.07, 6.45) is 0. The number of para-hydroxylation sites is 2. The molecule has 2 amide bonds. The number of likely N-dealkylation sites (N-methyl/N-ethyl adjacent to an activating group) is 1. The molecule has 35 heavy (non-hydrogen) atoms. The molecular formula is C26H29N3O5S. The third-order valence-electron chi connectivity index (χ3n) is 5.57. The molecule has 0 aliphatic rings. The quantitative estimate of drug-likeness (QED) is 0.466. The number of nitrogens with zero attached hydrogens (tertiary/aromatic N) is 2. The summed E-state index contributed by atoms with van der Waals surface area (Å²) in [4.78, 5) is 27.5. The first kappa shape index (κ1) is 25.8. The van der Waals surface area contributed by atoms with E-state index in [9.17, 15) is 18.0 Å². The van der Waals surface area contributed by atoms with Gasteiger partial charge in [0.15, 0.2) is 0 Å². The van der Waals surface area contributed by atoms with Gasteiger partial charge in [-0.05, 0) is 36.8 Å². The topological polar surface area (TPSA) is 96.0 Å². The number of hydrogen-bond acceptors (Lipinski definition) is 5. The molecule has 0 fully saturated rings. The highest BCUT2D eigenvalue weighted by molar-refractivity contribution is 7.92. The van der Waals surface area contributed by atoms with E-state index < -0.39 is 28.5 Å². The van der Waals surface area contributed by atoms with Gasteiger partial charge in [0.05, 0.1) is 17.7 Å². The van der Waals surface area contributed by atoms with Crippen LogP contribution < -0.4 is 14.4 Å². The van der Waals surface area contributed by atoms with E-state index in [2.05, 4.69) is 5.32 Å². The van der Waals surface area contributed by atoms with Crippen molar-refractivity contribution in [3.05, 3.63) is 90.5 Å². The van der Waals surface area contributed by atoms with Crippen molar-refractivity contribution in [2.75, 3.05) is 25.0 Å². The second kappa shape index (κ2) is 11.5. The number of hydrogen-bond donors (Lipinski definition) is 1. The van der Waals surface area contributed by atoms with Gasteiger partial charge in [-0.1, -0.05) is 60.7 Å². The molecule has 0 heterocycles. The van der Waals surface area contributed by atoms with Crippen LogP contribution in [0, 0.1) is 0 Å². The second-order valence-electron chi connectivity index (χ2n) is 7.79. The number of carbonyl (C=O) groups excluding carboxylic acids is 2. The van der Waals surface area contributed by atoms with Crippen LogP contribution in [0.5, 0.6) is 5.75 Å². The summed E-state index contributed by atoms with van der Waals surface area (Å²) in [6.45, 7) is 1.23. The van der Waals surface area contributed by atoms with Gasteiger partial charge in [-0.3, -0.25) is 13.9 Å². The molecule has 0 aliphatic heterocycles. The molecule has 8 nitrogen and oxygen atoms in total. The molecule has 0 aliphatic carbocycles. The van der Waals surface area contributed by atoms with Gasteiger partial charge in [0.2, 0.25) is 11.8 Å². The number of anilines is 1. The average Bonchev–Trinajstić information content (AvgIpc) is 2.90. The summed E-state index contributed by atoms with van der Waals surface area (Å²) in [6, 6.07) is 22.9. The van der Waals surface area contributed by atoms with Crippen LogP contribution in [0.1, 0.15) is 12.5 Å². The molecule has 0 bridgehead atoms. The van der Waals surface area contributed by atoms with Crippen molar-refractivity contribution in [1.29, 1.82) is 0 Å². The molecule has 1 N–H and O–H groups in total. The Morgan fingerprint density at radius 1 is 0.914 bits per heavy atom. The van der Waals surface area contributed by atoms with Crippen LogP contribution in [0.25, 0.3) is 0 Å². The number of sulfonamides is 1. The highest BCUT2D eigenvalue weighted by atomic mass is 32.2. The third-order valence-corrected chi connectivity index (χ3v) is 7.35. The first-order chi connectivity index (χ1) is 16.8. The van der Waals surface area contributed by atoms with Crippen molar-refractivity contribution >= 4 is 27.5 Å². The van der Waals surface area contributed by atoms with E-state index in [1.807, 2.05) is 30.3 Å². The Hall–Kier alpha value is -3.85. The minimum absolute atomic E-state index is 0.0349. The highest BCUT2D eigenvalue weighted by Gasteiger charge is 2.33. The summed E-state index contributed by atoms with van der Waals surface area (Å²) < 4.78 is 33.8. The van der Waals surface area contributed by atoms with Crippen molar-refractivity contribution in [3.63, 3.8) is 0 Å².